The topological polar surface area (TPSA) is 102 Å². The second-order valence-electron chi connectivity index (χ2n) is 3.74. The van der Waals surface area contributed by atoms with Crippen LogP contribution in [0.3, 0.4) is 0 Å². The zero-order valence-electron chi connectivity index (χ0n) is 10.4. The lowest BCUT2D eigenvalue weighted by atomic mass is 10.3. The molecule has 3 N–H and O–H groups in total. The maximum atomic E-state index is 11.5. The number of hydrogen-bond donors (Lipinski definition) is 2. The van der Waals surface area contributed by atoms with E-state index in [4.69, 9.17) is 5.73 Å². The van der Waals surface area contributed by atoms with Crippen molar-refractivity contribution < 1.29 is 0 Å². The minimum Gasteiger partial charge on any atom is -0.383 e. The Morgan fingerprint density at radius 1 is 1.39 bits per heavy atom. The van der Waals surface area contributed by atoms with Gasteiger partial charge in [0, 0.05) is 12.1 Å². The summed E-state index contributed by atoms with van der Waals surface area (Å²) in [6.07, 6.45) is 0. The Hall–Kier alpha value is -1.83. The van der Waals surface area contributed by atoms with Gasteiger partial charge in [-0.1, -0.05) is 0 Å². The van der Waals surface area contributed by atoms with Crippen molar-refractivity contribution >= 4 is 17.6 Å². The van der Waals surface area contributed by atoms with Crippen LogP contribution in [-0.4, -0.2) is 24.7 Å². The van der Waals surface area contributed by atoms with E-state index in [-0.39, 0.29) is 5.69 Å². The third-order valence-corrected chi connectivity index (χ3v) is 3.56. The van der Waals surface area contributed by atoms with E-state index >= 15 is 0 Å². The highest BCUT2D eigenvalue weighted by Crippen LogP contribution is 2.28. The Morgan fingerprint density at radius 2 is 2.11 bits per heavy atom. The molecule has 0 aliphatic carbocycles. The summed E-state index contributed by atoms with van der Waals surface area (Å²) in [4.78, 5) is 19.9. The molecule has 2 heterocycles. The maximum absolute atomic E-state index is 11.5. The first-order valence-corrected chi connectivity index (χ1v) is 6.28. The number of hydrogen-bond acceptors (Lipinski definition) is 6. The summed E-state index contributed by atoms with van der Waals surface area (Å²) in [5.74, 6) is 1.05. The Labute approximate surface area is 108 Å². The van der Waals surface area contributed by atoms with Crippen molar-refractivity contribution in [2.75, 3.05) is 5.73 Å². The van der Waals surface area contributed by atoms with Crippen molar-refractivity contribution in [3.63, 3.8) is 0 Å². The van der Waals surface area contributed by atoms with Gasteiger partial charge in [0.2, 0.25) is 0 Å². The molecule has 0 unspecified atom stereocenters. The maximum Gasteiger partial charge on any atom is 0.343 e. The number of nitrogens with two attached hydrogens (primary N) is 1. The molecule has 8 heteroatoms. The number of rotatable bonds is 3. The van der Waals surface area contributed by atoms with Crippen molar-refractivity contribution in [1.82, 2.24) is 24.7 Å². The molecule has 0 aromatic carbocycles. The molecule has 96 valence electrons. The smallest absolute Gasteiger partial charge is 0.343 e. The normalized spacial score (nSPS) is 10.8. The standard InChI is InChI=1S/C10H14N6OS/c1-4-16-9(17)14-15-10(16)18-8-5(2)7(11)12-6(3)13-8/h4H2,1-3H3,(H,14,17)(H2,11,12,13). The van der Waals surface area contributed by atoms with E-state index in [1.54, 1.807) is 6.92 Å². The second-order valence-corrected chi connectivity index (χ2v) is 4.70. The van der Waals surface area contributed by atoms with Gasteiger partial charge >= 0.3 is 5.69 Å². The van der Waals surface area contributed by atoms with Crippen molar-refractivity contribution in [1.29, 1.82) is 0 Å². The fourth-order valence-corrected chi connectivity index (χ4v) is 2.49. The quantitative estimate of drug-likeness (QED) is 0.794. The van der Waals surface area contributed by atoms with E-state index < -0.39 is 0 Å². The summed E-state index contributed by atoms with van der Waals surface area (Å²) in [6.45, 7) is 6.05. The molecule has 0 bridgehead atoms. The number of aromatic nitrogens is 5. The van der Waals surface area contributed by atoms with Crippen molar-refractivity contribution in [2.24, 2.45) is 0 Å². The van der Waals surface area contributed by atoms with Crippen LogP contribution in [0, 0.1) is 13.8 Å². The molecule has 0 spiro atoms. The largest absolute Gasteiger partial charge is 0.383 e. The van der Waals surface area contributed by atoms with Crippen LogP contribution in [0.25, 0.3) is 0 Å². The van der Waals surface area contributed by atoms with Gasteiger partial charge in [-0.05, 0) is 32.5 Å². The summed E-state index contributed by atoms with van der Waals surface area (Å²) < 4.78 is 1.54. The SMILES string of the molecule is CCn1c(Sc2nc(C)nc(N)c2C)n[nH]c1=O. The van der Waals surface area contributed by atoms with Crippen LogP contribution in [0.4, 0.5) is 5.82 Å². The van der Waals surface area contributed by atoms with Gasteiger partial charge in [-0.2, -0.15) is 0 Å². The van der Waals surface area contributed by atoms with Crippen LogP contribution < -0.4 is 11.4 Å². The van der Waals surface area contributed by atoms with Gasteiger partial charge in [0.05, 0.1) is 0 Å². The van der Waals surface area contributed by atoms with Gasteiger partial charge < -0.3 is 5.73 Å². The first kappa shape index (κ1) is 12.6. The van der Waals surface area contributed by atoms with E-state index in [0.29, 0.717) is 28.4 Å². The van der Waals surface area contributed by atoms with E-state index in [0.717, 1.165) is 5.56 Å². The monoisotopic (exact) mass is 266 g/mol. The van der Waals surface area contributed by atoms with E-state index in [1.807, 2.05) is 13.8 Å². The number of nitrogens with one attached hydrogen (secondary N) is 1. The molecule has 0 saturated heterocycles. The van der Waals surface area contributed by atoms with Crippen LogP contribution in [0.15, 0.2) is 15.0 Å². The number of nitrogen functional groups attached to an aromatic ring is 1. The first-order chi connectivity index (χ1) is 8.52. The average molecular weight is 266 g/mol. The molecular weight excluding hydrogens is 252 g/mol. The highest BCUT2D eigenvalue weighted by molar-refractivity contribution is 7.99. The molecular formula is C10H14N6OS. The van der Waals surface area contributed by atoms with Gasteiger partial charge in [-0.25, -0.2) is 19.9 Å². The van der Waals surface area contributed by atoms with Crippen molar-refractivity contribution in [3.05, 3.63) is 21.9 Å². The Bertz CT molecular complexity index is 632. The third kappa shape index (κ3) is 2.23. The molecule has 7 nitrogen and oxygen atoms in total. The number of aryl methyl sites for hydroxylation is 1. The lowest BCUT2D eigenvalue weighted by molar-refractivity contribution is 0.659. The van der Waals surface area contributed by atoms with Crippen molar-refractivity contribution in [3.8, 4) is 0 Å². The lowest BCUT2D eigenvalue weighted by Gasteiger charge is -2.07. The highest BCUT2D eigenvalue weighted by atomic mass is 32.2. The van der Waals surface area contributed by atoms with Gasteiger partial charge in [-0.15, -0.1) is 5.10 Å². The molecule has 0 aliphatic heterocycles. The van der Waals surface area contributed by atoms with E-state index in [2.05, 4.69) is 20.2 Å². The Kier molecular flexibility index (Phi) is 3.37. The van der Waals surface area contributed by atoms with Gasteiger partial charge in [0.15, 0.2) is 5.16 Å². The first-order valence-electron chi connectivity index (χ1n) is 5.46. The zero-order valence-corrected chi connectivity index (χ0v) is 11.2. The Balaban J connectivity index is 2.43. The molecule has 0 radical (unpaired) electrons. The second kappa shape index (κ2) is 4.81. The summed E-state index contributed by atoms with van der Waals surface area (Å²) in [5.41, 5.74) is 6.36. The third-order valence-electron chi connectivity index (χ3n) is 2.48. The predicted octanol–water partition coefficient (Wildman–Crippen LogP) is 0.732. The highest BCUT2D eigenvalue weighted by Gasteiger charge is 2.13. The van der Waals surface area contributed by atoms with E-state index in [1.165, 1.54) is 16.3 Å². The molecule has 0 saturated carbocycles. The number of anilines is 1. The minimum absolute atomic E-state index is 0.226. The summed E-state index contributed by atoms with van der Waals surface area (Å²) in [7, 11) is 0. The average Bonchev–Trinajstić information content (AvgIpc) is 2.66. The van der Waals surface area contributed by atoms with Crippen LogP contribution in [0.2, 0.25) is 0 Å². The summed E-state index contributed by atoms with van der Waals surface area (Å²) in [6, 6.07) is 0. The van der Waals surface area contributed by atoms with Crippen LogP contribution >= 0.6 is 11.8 Å². The molecule has 0 fully saturated rings. The molecule has 18 heavy (non-hydrogen) atoms. The number of aromatic amines is 1. The summed E-state index contributed by atoms with van der Waals surface area (Å²) in [5, 5.41) is 7.68. The van der Waals surface area contributed by atoms with Gasteiger partial charge in [-0.3, -0.25) is 4.57 Å². The molecule has 0 aliphatic rings. The van der Waals surface area contributed by atoms with Crippen LogP contribution in [-0.2, 0) is 6.54 Å². The zero-order chi connectivity index (χ0) is 13.3. The summed E-state index contributed by atoms with van der Waals surface area (Å²) >= 11 is 1.30. The lowest BCUT2D eigenvalue weighted by Crippen LogP contribution is -2.16. The van der Waals surface area contributed by atoms with Crippen LogP contribution in [0.1, 0.15) is 18.3 Å². The number of H-pyrrole nitrogens is 1. The Morgan fingerprint density at radius 3 is 2.78 bits per heavy atom. The van der Waals surface area contributed by atoms with Gasteiger partial charge in [0.1, 0.15) is 16.7 Å². The predicted molar refractivity (Wildman–Crippen MR) is 68.6 cm³/mol. The molecule has 0 atom stereocenters. The molecule has 2 aromatic heterocycles. The van der Waals surface area contributed by atoms with Crippen molar-refractivity contribution in [2.45, 2.75) is 37.5 Å². The minimum atomic E-state index is -0.226. The number of nitrogens with zero attached hydrogens (tertiary/aromatic N) is 4. The fraction of sp³-hybridized carbons (Fsp3) is 0.400. The molecule has 2 rings (SSSR count). The molecule has 2 aromatic rings. The molecule has 0 amide bonds. The van der Waals surface area contributed by atoms with Crippen LogP contribution in [0.5, 0.6) is 0 Å². The van der Waals surface area contributed by atoms with E-state index in [9.17, 15) is 4.79 Å². The fourth-order valence-electron chi connectivity index (χ4n) is 1.47. The van der Waals surface area contributed by atoms with Gasteiger partial charge in [0.25, 0.3) is 0 Å².